The average Bonchev–Trinajstić information content (AvgIpc) is 3.04. The van der Waals surface area contributed by atoms with Crippen molar-refractivity contribution in [1.29, 1.82) is 0 Å². The SMILES string of the molecule is CNC(CN1CCCCCC1=O)C1CC1. The van der Waals surface area contributed by atoms with E-state index in [0.717, 1.165) is 31.8 Å². The summed E-state index contributed by atoms with van der Waals surface area (Å²) in [5, 5.41) is 3.36. The number of nitrogens with zero attached hydrogens (tertiary/aromatic N) is 1. The van der Waals surface area contributed by atoms with E-state index in [2.05, 4.69) is 10.2 Å². The summed E-state index contributed by atoms with van der Waals surface area (Å²) in [4.78, 5) is 13.9. The molecule has 1 saturated heterocycles. The van der Waals surface area contributed by atoms with Gasteiger partial charge in [0.25, 0.3) is 0 Å². The van der Waals surface area contributed by atoms with Gasteiger partial charge >= 0.3 is 0 Å². The summed E-state index contributed by atoms with van der Waals surface area (Å²) in [6, 6.07) is 0.534. The van der Waals surface area contributed by atoms with E-state index >= 15 is 0 Å². The molecule has 1 amide bonds. The first-order chi connectivity index (χ1) is 7.31. The molecule has 0 radical (unpaired) electrons. The van der Waals surface area contributed by atoms with Crippen LogP contribution in [-0.4, -0.2) is 37.0 Å². The van der Waals surface area contributed by atoms with E-state index in [1.807, 2.05) is 7.05 Å². The third-order valence-corrected chi connectivity index (χ3v) is 3.65. The van der Waals surface area contributed by atoms with E-state index in [1.54, 1.807) is 0 Å². The number of rotatable bonds is 4. The number of likely N-dealkylation sites (N-methyl/N-ethyl adjacent to an activating group) is 1. The van der Waals surface area contributed by atoms with Crippen molar-refractivity contribution in [1.82, 2.24) is 10.2 Å². The third kappa shape index (κ3) is 2.94. The number of hydrogen-bond acceptors (Lipinski definition) is 2. The van der Waals surface area contributed by atoms with Gasteiger partial charge in [-0.25, -0.2) is 0 Å². The number of amides is 1. The molecule has 2 rings (SSSR count). The Morgan fingerprint density at radius 1 is 1.40 bits per heavy atom. The van der Waals surface area contributed by atoms with Crippen molar-refractivity contribution in [2.45, 2.75) is 44.6 Å². The van der Waals surface area contributed by atoms with E-state index in [0.29, 0.717) is 11.9 Å². The van der Waals surface area contributed by atoms with Crippen molar-refractivity contribution in [3.63, 3.8) is 0 Å². The van der Waals surface area contributed by atoms with Crippen LogP contribution < -0.4 is 5.32 Å². The van der Waals surface area contributed by atoms with Crippen molar-refractivity contribution in [3.8, 4) is 0 Å². The smallest absolute Gasteiger partial charge is 0.222 e. The number of carbonyl (C=O) groups is 1. The van der Waals surface area contributed by atoms with Crippen LogP contribution in [0.3, 0.4) is 0 Å². The van der Waals surface area contributed by atoms with Gasteiger partial charge in [-0.1, -0.05) is 6.42 Å². The lowest BCUT2D eigenvalue weighted by Gasteiger charge is -2.26. The summed E-state index contributed by atoms with van der Waals surface area (Å²) in [7, 11) is 2.02. The summed E-state index contributed by atoms with van der Waals surface area (Å²) in [6.45, 7) is 1.91. The van der Waals surface area contributed by atoms with Crippen molar-refractivity contribution in [3.05, 3.63) is 0 Å². The van der Waals surface area contributed by atoms with Gasteiger partial charge in [0.1, 0.15) is 0 Å². The molecule has 2 aliphatic rings. The maximum Gasteiger partial charge on any atom is 0.222 e. The molecule has 1 N–H and O–H groups in total. The van der Waals surface area contributed by atoms with E-state index in [9.17, 15) is 4.79 Å². The Kier molecular flexibility index (Phi) is 3.62. The van der Waals surface area contributed by atoms with Gasteiger partial charge < -0.3 is 10.2 Å². The summed E-state index contributed by atoms with van der Waals surface area (Å²) in [6.07, 6.45) is 6.94. The predicted molar refractivity (Wildman–Crippen MR) is 60.6 cm³/mol. The van der Waals surface area contributed by atoms with Crippen molar-refractivity contribution in [2.24, 2.45) is 5.92 Å². The summed E-state index contributed by atoms with van der Waals surface area (Å²) < 4.78 is 0. The van der Waals surface area contributed by atoms with Crippen LogP contribution in [0, 0.1) is 5.92 Å². The molecule has 86 valence electrons. The molecule has 3 heteroatoms. The lowest BCUT2D eigenvalue weighted by atomic mass is 10.1. The van der Waals surface area contributed by atoms with Crippen molar-refractivity contribution >= 4 is 5.91 Å². The molecule has 15 heavy (non-hydrogen) atoms. The molecular weight excluding hydrogens is 188 g/mol. The molecule has 1 unspecified atom stereocenters. The summed E-state index contributed by atoms with van der Waals surface area (Å²) in [5.41, 5.74) is 0. The molecule has 0 aromatic rings. The fraction of sp³-hybridized carbons (Fsp3) is 0.917. The minimum atomic E-state index is 0.369. The van der Waals surface area contributed by atoms with E-state index in [4.69, 9.17) is 0 Å². The quantitative estimate of drug-likeness (QED) is 0.760. The van der Waals surface area contributed by atoms with Crippen molar-refractivity contribution in [2.75, 3.05) is 20.1 Å². The maximum atomic E-state index is 11.8. The molecule has 1 aliphatic carbocycles. The van der Waals surface area contributed by atoms with Gasteiger partial charge in [-0.15, -0.1) is 0 Å². The van der Waals surface area contributed by atoms with E-state index < -0.39 is 0 Å². The van der Waals surface area contributed by atoms with Crippen LogP contribution in [0.5, 0.6) is 0 Å². The van der Waals surface area contributed by atoms with Crippen LogP contribution in [0.15, 0.2) is 0 Å². The summed E-state index contributed by atoms with van der Waals surface area (Å²) in [5.74, 6) is 1.19. The molecule has 3 nitrogen and oxygen atoms in total. The number of hydrogen-bond donors (Lipinski definition) is 1. The third-order valence-electron chi connectivity index (χ3n) is 3.65. The van der Waals surface area contributed by atoms with Crippen LogP contribution in [0.2, 0.25) is 0 Å². The second kappa shape index (κ2) is 4.97. The number of likely N-dealkylation sites (tertiary alicyclic amines) is 1. The molecular formula is C12H22N2O. The van der Waals surface area contributed by atoms with Crippen molar-refractivity contribution < 1.29 is 4.79 Å². The Bertz CT molecular complexity index is 226. The topological polar surface area (TPSA) is 32.3 Å². The van der Waals surface area contributed by atoms with Crippen LogP contribution in [0.4, 0.5) is 0 Å². The first-order valence-corrected chi connectivity index (χ1v) is 6.26. The van der Waals surface area contributed by atoms with Crippen LogP contribution >= 0.6 is 0 Å². The fourth-order valence-electron chi connectivity index (χ4n) is 2.44. The van der Waals surface area contributed by atoms with Gasteiger partial charge in [-0.2, -0.15) is 0 Å². The van der Waals surface area contributed by atoms with Crippen LogP contribution in [-0.2, 0) is 4.79 Å². The number of nitrogens with one attached hydrogen (secondary N) is 1. The molecule has 2 fully saturated rings. The minimum absolute atomic E-state index is 0.369. The Balaban J connectivity index is 1.86. The minimum Gasteiger partial charge on any atom is -0.341 e. The second-order valence-corrected chi connectivity index (χ2v) is 4.88. The first kappa shape index (κ1) is 10.9. The predicted octanol–water partition coefficient (Wildman–Crippen LogP) is 1.39. The Labute approximate surface area is 92.2 Å². The molecule has 0 spiro atoms. The lowest BCUT2D eigenvalue weighted by molar-refractivity contribution is -0.131. The maximum absolute atomic E-state index is 11.8. The first-order valence-electron chi connectivity index (χ1n) is 6.26. The summed E-state index contributed by atoms with van der Waals surface area (Å²) >= 11 is 0. The highest BCUT2D eigenvalue weighted by Gasteiger charge is 2.32. The molecule has 1 saturated carbocycles. The van der Waals surface area contributed by atoms with Crippen LogP contribution in [0.1, 0.15) is 38.5 Å². The zero-order valence-electron chi connectivity index (χ0n) is 9.67. The van der Waals surface area contributed by atoms with E-state index in [1.165, 1.54) is 25.7 Å². The lowest BCUT2D eigenvalue weighted by Crippen LogP contribution is -2.43. The van der Waals surface area contributed by atoms with Crippen LogP contribution in [0.25, 0.3) is 0 Å². The van der Waals surface area contributed by atoms with Gasteiger partial charge in [0.05, 0.1) is 0 Å². The normalized spacial score (nSPS) is 25.1. The van der Waals surface area contributed by atoms with Gasteiger partial charge in [0.15, 0.2) is 0 Å². The zero-order chi connectivity index (χ0) is 10.7. The fourth-order valence-corrected chi connectivity index (χ4v) is 2.44. The average molecular weight is 210 g/mol. The highest BCUT2D eigenvalue weighted by molar-refractivity contribution is 5.76. The largest absolute Gasteiger partial charge is 0.341 e. The molecule has 1 atom stereocenters. The Morgan fingerprint density at radius 3 is 2.87 bits per heavy atom. The molecule has 0 bridgehead atoms. The molecule has 1 heterocycles. The monoisotopic (exact) mass is 210 g/mol. The van der Waals surface area contributed by atoms with E-state index in [-0.39, 0.29) is 0 Å². The van der Waals surface area contributed by atoms with Gasteiger partial charge in [0.2, 0.25) is 5.91 Å². The van der Waals surface area contributed by atoms with Gasteiger partial charge in [0, 0.05) is 25.6 Å². The molecule has 0 aromatic heterocycles. The Hall–Kier alpha value is -0.570. The standard InChI is InChI=1S/C12H22N2O/c1-13-11(10-6-7-10)9-14-8-4-2-3-5-12(14)15/h10-11,13H,2-9H2,1H3. The molecule has 0 aromatic carbocycles. The second-order valence-electron chi connectivity index (χ2n) is 4.88. The Morgan fingerprint density at radius 2 is 2.20 bits per heavy atom. The molecule has 1 aliphatic heterocycles. The number of carbonyl (C=O) groups excluding carboxylic acids is 1. The zero-order valence-corrected chi connectivity index (χ0v) is 9.67. The highest BCUT2D eigenvalue weighted by Crippen LogP contribution is 2.33. The van der Waals surface area contributed by atoms with Gasteiger partial charge in [-0.3, -0.25) is 4.79 Å². The van der Waals surface area contributed by atoms with Gasteiger partial charge in [-0.05, 0) is 38.6 Å². The highest BCUT2D eigenvalue weighted by atomic mass is 16.2.